The molecule has 1 aromatic carbocycles. The molecule has 0 bridgehead atoms. The van der Waals surface area contributed by atoms with Crippen molar-refractivity contribution in [3.05, 3.63) is 34.3 Å². The number of aliphatic hydroxyl groups is 1. The first-order chi connectivity index (χ1) is 7.36. The Bertz CT molecular complexity index is 444. The van der Waals surface area contributed by atoms with E-state index in [0.717, 1.165) is 10.7 Å². The lowest BCUT2D eigenvalue weighted by molar-refractivity contribution is 0.278. The molecule has 3 N–H and O–H groups in total. The van der Waals surface area contributed by atoms with E-state index in [2.05, 4.69) is 15.9 Å². The second-order valence-electron chi connectivity index (χ2n) is 3.63. The third kappa shape index (κ3) is 3.28. The molecule has 2 atom stereocenters. The highest BCUT2D eigenvalue weighted by Crippen LogP contribution is 2.21. The van der Waals surface area contributed by atoms with E-state index >= 15 is 0 Å². The zero-order valence-electron chi connectivity index (χ0n) is 8.80. The summed E-state index contributed by atoms with van der Waals surface area (Å²) in [4.78, 5) is 0. The number of rotatable bonds is 4. The van der Waals surface area contributed by atoms with Gasteiger partial charge in [0.15, 0.2) is 9.84 Å². The smallest absolute Gasteiger partial charge is 0.154 e. The lowest BCUT2D eigenvalue weighted by Gasteiger charge is -2.20. The molecule has 0 saturated heterocycles. The number of hydrogen-bond donors (Lipinski definition) is 2. The number of nitrogens with two attached hydrogens (primary N) is 1. The summed E-state index contributed by atoms with van der Waals surface area (Å²) in [5, 5.41) is 8.12. The minimum absolute atomic E-state index is 0.476. The van der Waals surface area contributed by atoms with E-state index in [1.54, 1.807) is 24.3 Å². The van der Waals surface area contributed by atoms with Gasteiger partial charge >= 0.3 is 0 Å². The Kier molecular flexibility index (Phi) is 4.49. The highest BCUT2D eigenvalue weighted by molar-refractivity contribution is 9.10. The number of sulfone groups is 1. The molecule has 0 unspecified atom stereocenters. The number of hydrogen-bond acceptors (Lipinski definition) is 4. The zero-order chi connectivity index (χ0) is 12.3. The van der Waals surface area contributed by atoms with Gasteiger partial charge in [0.25, 0.3) is 0 Å². The van der Waals surface area contributed by atoms with Crippen LogP contribution in [0.2, 0.25) is 0 Å². The average Bonchev–Trinajstić information content (AvgIpc) is 2.17. The van der Waals surface area contributed by atoms with E-state index in [1.165, 1.54) is 0 Å². The highest BCUT2D eigenvalue weighted by atomic mass is 79.9. The fourth-order valence-corrected chi connectivity index (χ4v) is 2.64. The van der Waals surface area contributed by atoms with Gasteiger partial charge in [-0.3, -0.25) is 0 Å². The van der Waals surface area contributed by atoms with Crippen LogP contribution in [0, 0.1) is 0 Å². The molecule has 4 nitrogen and oxygen atoms in total. The van der Waals surface area contributed by atoms with Gasteiger partial charge in [0.2, 0.25) is 0 Å². The van der Waals surface area contributed by atoms with Gasteiger partial charge in [-0.05, 0) is 17.7 Å². The van der Waals surface area contributed by atoms with Crippen LogP contribution in [-0.4, -0.2) is 31.6 Å². The molecule has 0 fully saturated rings. The number of aliphatic hydroxyl groups excluding tert-OH is 1. The van der Waals surface area contributed by atoms with Gasteiger partial charge in [0.05, 0.1) is 6.61 Å². The molecule has 1 aromatic rings. The van der Waals surface area contributed by atoms with Gasteiger partial charge in [-0.25, -0.2) is 8.42 Å². The van der Waals surface area contributed by atoms with Crippen LogP contribution in [-0.2, 0) is 9.84 Å². The van der Waals surface area contributed by atoms with Crippen LogP contribution in [0.4, 0.5) is 0 Å². The summed E-state index contributed by atoms with van der Waals surface area (Å²) in [5.74, 6) is 0. The van der Waals surface area contributed by atoms with Gasteiger partial charge in [0.1, 0.15) is 5.25 Å². The maximum atomic E-state index is 11.4. The first-order valence-corrected chi connectivity index (χ1v) is 7.42. The van der Waals surface area contributed by atoms with Crippen molar-refractivity contribution in [2.45, 2.75) is 11.3 Å². The van der Waals surface area contributed by atoms with E-state index in [9.17, 15) is 8.42 Å². The lowest BCUT2D eigenvalue weighted by atomic mass is 10.1. The Morgan fingerprint density at radius 2 is 1.88 bits per heavy atom. The molecule has 0 saturated carbocycles. The molecule has 0 aliphatic heterocycles. The molecule has 90 valence electrons. The fraction of sp³-hybridized carbons (Fsp3) is 0.400. The van der Waals surface area contributed by atoms with Crippen LogP contribution < -0.4 is 5.73 Å². The van der Waals surface area contributed by atoms with E-state index < -0.39 is 27.7 Å². The van der Waals surface area contributed by atoms with Gasteiger partial charge < -0.3 is 10.8 Å². The molecule has 0 aromatic heterocycles. The normalized spacial score (nSPS) is 15.8. The molecule has 0 spiro atoms. The van der Waals surface area contributed by atoms with Crippen LogP contribution in [0.5, 0.6) is 0 Å². The maximum Gasteiger partial charge on any atom is 0.154 e. The predicted molar refractivity (Wildman–Crippen MR) is 66.8 cm³/mol. The molecule has 0 aliphatic rings. The summed E-state index contributed by atoms with van der Waals surface area (Å²) in [6, 6.07) is 6.33. The highest BCUT2D eigenvalue weighted by Gasteiger charge is 2.27. The first-order valence-electron chi connectivity index (χ1n) is 4.67. The maximum absolute atomic E-state index is 11.4. The number of benzene rings is 1. The van der Waals surface area contributed by atoms with Gasteiger partial charge in [-0.1, -0.05) is 28.1 Å². The average molecular weight is 308 g/mol. The van der Waals surface area contributed by atoms with E-state index in [1.807, 2.05) is 0 Å². The summed E-state index contributed by atoms with van der Waals surface area (Å²) >= 11 is 3.28. The topological polar surface area (TPSA) is 80.4 Å². The van der Waals surface area contributed by atoms with Crippen molar-refractivity contribution in [2.75, 3.05) is 12.9 Å². The van der Waals surface area contributed by atoms with Gasteiger partial charge in [-0.15, -0.1) is 0 Å². The van der Waals surface area contributed by atoms with E-state index in [-0.39, 0.29) is 0 Å². The van der Waals surface area contributed by atoms with Gasteiger partial charge in [-0.2, -0.15) is 0 Å². The van der Waals surface area contributed by atoms with Crippen LogP contribution in [0.25, 0.3) is 0 Å². The Balaban J connectivity index is 3.00. The quantitative estimate of drug-likeness (QED) is 0.864. The van der Waals surface area contributed by atoms with Gasteiger partial charge in [0, 0.05) is 16.8 Å². The standard InChI is InChI=1S/C10H14BrNO3S/c1-16(14,15)9(6-13)10(12)7-2-4-8(11)5-3-7/h2-5,9-10,13H,6,12H2,1H3/t9-,10+/m1/s1. The summed E-state index contributed by atoms with van der Waals surface area (Å²) in [6.45, 7) is -0.476. The molecule has 0 amide bonds. The van der Waals surface area contributed by atoms with E-state index in [0.29, 0.717) is 5.56 Å². The summed E-state index contributed by atoms with van der Waals surface area (Å²) in [5.41, 5.74) is 6.52. The zero-order valence-corrected chi connectivity index (χ0v) is 11.2. The molecule has 6 heteroatoms. The third-order valence-electron chi connectivity index (χ3n) is 2.39. The summed E-state index contributed by atoms with van der Waals surface area (Å²) in [7, 11) is -3.36. The summed E-state index contributed by atoms with van der Waals surface area (Å²) in [6.07, 6.45) is 1.08. The molecular formula is C10H14BrNO3S. The van der Waals surface area contributed by atoms with Crippen molar-refractivity contribution in [1.29, 1.82) is 0 Å². The second kappa shape index (κ2) is 5.27. The summed E-state index contributed by atoms with van der Waals surface area (Å²) < 4.78 is 23.7. The molecule has 16 heavy (non-hydrogen) atoms. The third-order valence-corrected chi connectivity index (χ3v) is 4.46. The lowest BCUT2D eigenvalue weighted by Crippen LogP contribution is -2.36. The van der Waals surface area contributed by atoms with Crippen LogP contribution in [0.15, 0.2) is 28.7 Å². The van der Waals surface area contributed by atoms with Crippen molar-refractivity contribution >= 4 is 25.8 Å². The van der Waals surface area contributed by atoms with Crippen LogP contribution >= 0.6 is 15.9 Å². The molecule has 0 heterocycles. The largest absolute Gasteiger partial charge is 0.395 e. The van der Waals surface area contributed by atoms with Crippen molar-refractivity contribution < 1.29 is 13.5 Å². The molecule has 0 radical (unpaired) electrons. The predicted octanol–water partition coefficient (Wildman–Crippen LogP) is 0.854. The molecule has 1 rings (SSSR count). The van der Waals surface area contributed by atoms with Crippen LogP contribution in [0.3, 0.4) is 0 Å². The monoisotopic (exact) mass is 307 g/mol. The van der Waals surface area contributed by atoms with Crippen LogP contribution in [0.1, 0.15) is 11.6 Å². The second-order valence-corrected chi connectivity index (χ2v) is 6.81. The minimum atomic E-state index is -3.36. The van der Waals surface area contributed by atoms with Crippen molar-refractivity contribution in [3.8, 4) is 0 Å². The van der Waals surface area contributed by atoms with Crippen molar-refractivity contribution in [2.24, 2.45) is 5.73 Å². The SMILES string of the molecule is CS(=O)(=O)[C@H](CO)[C@@H](N)c1ccc(Br)cc1. The van der Waals surface area contributed by atoms with E-state index in [4.69, 9.17) is 10.8 Å². The van der Waals surface area contributed by atoms with Crippen molar-refractivity contribution in [3.63, 3.8) is 0 Å². The Hall–Kier alpha value is -0.430. The van der Waals surface area contributed by atoms with Crippen molar-refractivity contribution in [1.82, 2.24) is 0 Å². The number of halogens is 1. The fourth-order valence-electron chi connectivity index (χ4n) is 1.41. The minimum Gasteiger partial charge on any atom is -0.395 e. The first kappa shape index (κ1) is 13.6. The Labute approximate surface area is 104 Å². The molecule has 0 aliphatic carbocycles. The molecular weight excluding hydrogens is 294 g/mol. The Morgan fingerprint density at radius 1 is 1.38 bits per heavy atom. The Morgan fingerprint density at radius 3 is 2.25 bits per heavy atom.